The highest BCUT2D eigenvalue weighted by Crippen LogP contribution is 2.72. The Balaban J connectivity index is 1.39. The van der Waals surface area contributed by atoms with Crippen molar-refractivity contribution >= 4 is 22.5 Å². The van der Waals surface area contributed by atoms with E-state index in [1.54, 1.807) is 4.57 Å². The van der Waals surface area contributed by atoms with Crippen molar-refractivity contribution in [2.24, 2.45) is 0 Å². The highest BCUT2D eigenvalue weighted by Gasteiger charge is 2.87. The van der Waals surface area contributed by atoms with Crippen LogP contribution in [0.4, 0.5) is 5.69 Å². The standard InChI is InChI=1S/C22H27N5O2/c1-13(2)23-18(28)9-26-19(14-4-5-14)24-17-7-6-15(8-16(17)20(26)29)27-12-21-10-22(21,27)11-25(21)3/h6-8,13-14H,4-5,9-12H2,1-3H3,(H,23,28)/t21-,22-/m1/s1. The van der Waals surface area contributed by atoms with Gasteiger partial charge in [0.2, 0.25) is 5.91 Å². The molecule has 1 amide bonds. The lowest BCUT2D eigenvalue weighted by Crippen LogP contribution is -2.78. The van der Waals surface area contributed by atoms with Gasteiger partial charge < -0.3 is 10.2 Å². The van der Waals surface area contributed by atoms with Gasteiger partial charge in [-0.1, -0.05) is 0 Å². The maximum absolute atomic E-state index is 13.4. The largest absolute Gasteiger partial charge is 0.361 e. The van der Waals surface area contributed by atoms with E-state index in [-0.39, 0.29) is 24.1 Å². The molecule has 29 heavy (non-hydrogen) atoms. The minimum absolute atomic E-state index is 0.0393. The van der Waals surface area contributed by atoms with E-state index in [2.05, 4.69) is 28.2 Å². The number of aromatic nitrogens is 2. The van der Waals surface area contributed by atoms with Crippen LogP contribution in [0.2, 0.25) is 0 Å². The van der Waals surface area contributed by atoms with Crippen molar-refractivity contribution in [3.05, 3.63) is 34.4 Å². The first-order valence-corrected chi connectivity index (χ1v) is 10.7. The Morgan fingerprint density at radius 2 is 2.07 bits per heavy atom. The van der Waals surface area contributed by atoms with Gasteiger partial charge in [-0.05, 0) is 58.4 Å². The van der Waals surface area contributed by atoms with Crippen LogP contribution >= 0.6 is 0 Å². The molecule has 3 heterocycles. The van der Waals surface area contributed by atoms with E-state index in [1.165, 1.54) is 6.42 Å². The fraction of sp³-hybridized carbons (Fsp3) is 0.591. The molecule has 2 aliphatic carbocycles. The average molecular weight is 393 g/mol. The Morgan fingerprint density at radius 3 is 2.66 bits per heavy atom. The molecular formula is C22H27N5O2. The molecule has 0 radical (unpaired) electrons. The zero-order valence-electron chi connectivity index (χ0n) is 17.2. The Kier molecular flexibility index (Phi) is 3.24. The summed E-state index contributed by atoms with van der Waals surface area (Å²) in [6.07, 6.45) is 3.30. The molecule has 0 unspecified atom stereocenters. The van der Waals surface area contributed by atoms with Crippen molar-refractivity contribution in [2.45, 2.75) is 62.7 Å². The third kappa shape index (κ3) is 2.19. The third-order valence-electron chi connectivity index (χ3n) is 7.46. The number of nitrogens with zero attached hydrogens (tertiary/aromatic N) is 4. The van der Waals surface area contributed by atoms with Crippen molar-refractivity contribution in [1.82, 2.24) is 19.8 Å². The summed E-state index contributed by atoms with van der Waals surface area (Å²) in [7, 11) is 2.20. The molecule has 2 aromatic rings. The molecule has 152 valence electrons. The molecular weight excluding hydrogens is 366 g/mol. The lowest BCUT2D eigenvalue weighted by molar-refractivity contribution is -0.122. The molecule has 1 aromatic heterocycles. The number of likely N-dealkylation sites (tertiary alicyclic amines) is 1. The number of benzene rings is 1. The van der Waals surface area contributed by atoms with E-state index >= 15 is 0 Å². The van der Waals surface area contributed by atoms with Gasteiger partial charge in [0.25, 0.3) is 5.56 Å². The van der Waals surface area contributed by atoms with Crippen LogP contribution in [0, 0.1) is 0 Å². The number of hydrogen-bond acceptors (Lipinski definition) is 5. The van der Waals surface area contributed by atoms with Gasteiger partial charge in [0, 0.05) is 30.7 Å². The molecule has 2 aliphatic heterocycles. The summed E-state index contributed by atoms with van der Waals surface area (Å²) in [5.41, 5.74) is 2.45. The fourth-order valence-electron chi connectivity index (χ4n) is 5.71. The van der Waals surface area contributed by atoms with Gasteiger partial charge in [-0.2, -0.15) is 0 Å². The molecule has 6 rings (SSSR count). The number of carbonyl (C=O) groups is 1. The second-order valence-corrected chi connectivity index (χ2v) is 9.74. The predicted molar refractivity (Wildman–Crippen MR) is 111 cm³/mol. The first-order valence-electron chi connectivity index (χ1n) is 10.7. The van der Waals surface area contributed by atoms with Crippen molar-refractivity contribution in [3.8, 4) is 0 Å². The molecule has 0 spiro atoms. The van der Waals surface area contributed by atoms with Crippen LogP contribution in [0.1, 0.15) is 44.9 Å². The van der Waals surface area contributed by atoms with Crippen LogP contribution in [0.5, 0.6) is 0 Å². The van der Waals surface area contributed by atoms with Crippen LogP contribution < -0.4 is 15.8 Å². The quantitative estimate of drug-likeness (QED) is 0.833. The van der Waals surface area contributed by atoms with Crippen LogP contribution in [0.15, 0.2) is 23.0 Å². The van der Waals surface area contributed by atoms with Gasteiger partial charge in [-0.25, -0.2) is 4.98 Å². The Morgan fingerprint density at radius 1 is 1.28 bits per heavy atom. The number of hydrogen-bond donors (Lipinski definition) is 1. The molecule has 4 fully saturated rings. The van der Waals surface area contributed by atoms with Gasteiger partial charge in [-0.15, -0.1) is 0 Å². The molecule has 7 heteroatoms. The van der Waals surface area contributed by atoms with Crippen molar-refractivity contribution < 1.29 is 4.79 Å². The monoisotopic (exact) mass is 393 g/mol. The minimum Gasteiger partial charge on any atom is -0.361 e. The van der Waals surface area contributed by atoms with E-state index in [1.807, 2.05) is 26.0 Å². The molecule has 4 aliphatic rings. The Hall–Kier alpha value is -2.41. The van der Waals surface area contributed by atoms with Gasteiger partial charge in [0.15, 0.2) is 0 Å². The van der Waals surface area contributed by atoms with Crippen LogP contribution in [0.3, 0.4) is 0 Å². The van der Waals surface area contributed by atoms with Crippen LogP contribution in [-0.4, -0.2) is 57.6 Å². The number of fused-ring (bicyclic) bond motifs is 1. The van der Waals surface area contributed by atoms with E-state index < -0.39 is 0 Å². The second kappa shape index (κ2) is 5.39. The van der Waals surface area contributed by atoms with Crippen molar-refractivity contribution in [2.75, 3.05) is 25.0 Å². The molecule has 0 bridgehead atoms. The first-order chi connectivity index (χ1) is 13.8. The number of carbonyl (C=O) groups excluding carboxylic acids is 1. The maximum Gasteiger partial charge on any atom is 0.261 e. The highest BCUT2D eigenvalue weighted by molar-refractivity contribution is 5.84. The molecule has 7 nitrogen and oxygen atoms in total. The summed E-state index contributed by atoms with van der Waals surface area (Å²) in [4.78, 5) is 35.5. The molecule has 2 atom stereocenters. The number of amides is 1. The topological polar surface area (TPSA) is 70.5 Å². The van der Waals surface area contributed by atoms with Crippen molar-refractivity contribution in [1.29, 1.82) is 0 Å². The summed E-state index contributed by atoms with van der Waals surface area (Å²) in [6, 6.07) is 6.13. The van der Waals surface area contributed by atoms with Crippen LogP contribution in [0.25, 0.3) is 10.9 Å². The summed E-state index contributed by atoms with van der Waals surface area (Å²) in [5, 5.41) is 3.51. The normalized spacial score (nSPS) is 29.9. The molecule has 2 saturated carbocycles. The maximum atomic E-state index is 13.4. The minimum atomic E-state index is -0.136. The van der Waals surface area contributed by atoms with Crippen LogP contribution in [-0.2, 0) is 11.3 Å². The summed E-state index contributed by atoms with van der Waals surface area (Å²) in [5.74, 6) is 0.923. The second-order valence-electron chi connectivity index (χ2n) is 9.74. The molecule has 1 aromatic carbocycles. The lowest BCUT2D eigenvalue weighted by Gasteiger charge is -2.61. The van der Waals surface area contributed by atoms with E-state index in [4.69, 9.17) is 4.98 Å². The van der Waals surface area contributed by atoms with E-state index in [0.717, 1.165) is 43.0 Å². The molecule has 1 N–H and O–H groups in total. The van der Waals surface area contributed by atoms with Gasteiger partial charge in [0.05, 0.1) is 22.0 Å². The Bertz CT molecular complexity index is 1120. The van der Waals surface area contributed by atoms with Gasteiger partial charge in [0.1, 0.15) is 12.4 Å². The molecule has 2 saturated heterocycles. The first kappa shape index (κ1) is 17.4. The summed E-state index contributed by atoms with van der Waals surface area (Å²) in [6.45, 7) is 6.03. The number of rotatable bonds is 5. The number of anilines is 1. The zero-order chi connectivity index (χ0) is 20.1. The van der Waals surface area contributed by atoms with Gasteiger partial charge >= 0.3 is 0 Å². The van der Waals surface area contributed by atoms with E-state index in [9.17, 15) is 9.59 Å². The Labute approximate surface area is 169 Å². The lowest BCUT2D eigenvalue weighted by atomic mass is 9.85. The van der Waals surface area contributed by atoms with Crippen molar-refractivity contribution in [3.63, 3.8) is 0 Å². The number of nitrogens with one attached hydrogen (secondary N) is 1. The predicted octanol–water partition coefficient (Wildman–Crippen LogP) is 1.45. The highest BCUT2D eigenvalue weighted by atomic mass is 16.2. The van der Waals surface area contributed by atoms with E-state index in [0.29, 0.717) is 22.4 Å². The zero-order valence-corrected chi connectivity index (χ0v) is 17.2. The smallest absolute Gasteiger partial charge is 0.261 e. The SMILES string of the molecule is CC(C)NC(=O)Cn1c(C2CC2)nc2ccc(N3C[C@]45C[C@]34CN5C)cc2c1=O. The summed E-state index contributed by atoms with van der Waals surface area (Å²) < 4.78 is 1.61. The summed E-state index contributed by atoms with van der Waals surface area (Å²) >= 11 is 0. The number of likely N-dealkylation sites (N-methyl/N-ethyl adjacent to an activating group) is 1. The van der Waals surface area contributed by atoms with Gasteiger partial charge in [-0.3, -0.25) is 19.1 Å². The fourth-order valence-corrected chi connectivity index (χ4v) is 5.71. The number of piperazine rings is 1. The third-order valence-corrected chi connectivity index (χ3v) is 7.46. The average Bonchev–Trinajstić information content (AvgIpc) is 3.55.